The molecule has 3 heteroatoms. The number of benzene rings is 1. The van der Waals surface area contributed by atoms with Gasteiger partial charge in [0, 0.05) is 11.5 Å². The summed E-state index contributed by atoms with van der Waals surface area (Å²) in [6, 6.07) is 7.86. The molecule has 0 bridgehead atoms. The van der Waals surface area contributed by atoms with Gasteiger partial charge >= 0.3 is 0 Å². The molecule has 0 amide bonds. The second-order valence-corrected chi connectivity index (χ2v) is 5.26. The van der Waals surface area contributed by atoms with Crippen LogP contribution in [0.3, 0.4) is 0 Å². The Labute approximate surface area is 109 Å². The second-order valence-electron chi connectivity index (χ2n) is 5.26. The highest BCUT2D eigenvalue weighted by atomic mass is 16.7. The maximum atomic E-state index is 6.06. The van der Waals surface area contributed by atoms with Crippen molar-refractivity contribution < 1.29 is 14.2 Å². The van der Waals surface area contributed by atoms with Gasteiger partial charge in [-0.25, -0.2) is 0 Å². The maximum Gasteiger partial charge on any atom is 0.184 e. The Morgan fingerprint density at radius 1 is 1.22 bits per heavy atom. The van der Waals surface area contributed by atoms with Gasteiger partial charge < -0.3 is 14.2 Å². The molecule has 3 atom stereocenters. The monoisotopic (exact) mass is 250 g/mol. The van der Waals surface area contributed by atoms with Crippen LogP contribution >= 0.6 is 0 Å². The lowest BCUT2D eigenvalue weighted by atomic mass is 9.94. The Morgan fingerprint density at radius 3 is 2.44 bits per heavy atom. The van der Waals surface area contributed by atoms with Gasteiger partial charge in [0.05, 0.1) is 19.8 Å². The summed E-state index contributed by atoms with van der Waals surface area (Å²) in [5.41, 5.74) is 1.05. The summed E-state index contributed by atoms with van der Waals surface area (Å²) in [6.45, 7) is 7.31. The Morgan fingerprint density at radius 2 is 1.89 bits per heavy atom. The highest BCUT2D eigenvalue weighted by molar-refractivity contribution is 5.27. The van der Waals surface area contributed by atoms with Gasteiger partial charge in [-0.3, -0.25) is 0 Å². The van der Waals surface area contributed by atoms with Crippen LogP contribution < -0.4 is 4.74 Å². The molecule has 0 radical (unpaired) electrons. The van der Waals surface area contributed by atoms with Gasteiger partial charge in [0.2, 0.25) is 0 Å². The van der Waals surface area contributed by atoms with Crippen molar-refractivity contribution in [3.8, 4) is 5.75 Å². The summed E-state index contributed by atoms with van der Waals surface area (Å²) >= 11 is 0. The number of ether oxygens (including phenoxy) is 3. The molecular weight excluding hydrogens is 228 g/mol. The van der Waals surface area contributed by atoms with Crippen LogP contribution in [0.1, 0.15) is 32.6 Å². The molecule has 18 heavy (non-hydrogen) atoms. The van der Waals surface area contributed by atoms with Crippen molar-refractivity contribution in [1.82, 2.24) is 0 Å². The first-order chi connectivity index (χ1) is 8.61. The molecule has 1 aliphatic rings. The van der Waals surface area contributed by atoms with Crippen molar-refractivity contribution in [3.63, 3.8) is 0 Å². The van der Waals surface area contributed by atoms with Crippen molar-refractivity contribution in [2.24, 2.45) is 11.8 Å². The van der Waals surface area contributed by atoms with Crippen LogP contribution in [0.5, 0.6) is 5.75 Å². The maximum absolute atomic E-state index is 6.06. The predicted molar refractivity (Wildman–Crippen MR) is 70.6 cm³/mol. The summed E-state index contributed by atoms with van der Waals surface area (Å²) in [5.74, 6) is 1.80. The molecule has 0 saturated carbocycles. The molecule has 100 valence electrons. The van der Waals surface area contributed by atoms with Gasteiger partial charge in [-0.2, -0.15) is 0 Å². The van der Waals surface area contributed by atoms with Gasteiger partial charge in [0.15, 0.2) is 6.29 Å². The lowest BCUT2D eigenvalue weighted by molar-refractivity contribution is -0.248. The van der Waals surface area contributed by atoms with Gasteiger partial charge in [0.1, 0.15) is 5.75 Å². The number of hydrogen-bond donors (Lipinski definition) is 0. The second kappa shape index (κ2) is 5.72. The quantitative estimate of drug-likeness (QED) is 0.823. The van der Waals surface area contributed by atoms with E-state index in [1.54, 1.807) is 7.11 Å². The molecule has 1 fully saturated rings. The van der Waals surface area contributed by atoms with Crippen LogP contribution in [-0.4, -0.2) is 19.8 Å². The minimum Gasteiger partial charge on any atom is -0.497 e. The van der Waals surface area contributed by atoms with E-state index in [1.165, 1.54) is 0 Å². The topological polar surface area (TPSA) is 27.7 Å². The lowest BCUT2D eigenvalue weighted by Crippen LogP contribution is -2.37. The normalized spacial score (nSPS) is 28.4. The molecular formula is C15H22O3. The van der Waals surface area contributed by atoms with Gasteiger partial charge in [-0.15, -0.1) is 0 Å². The Hall–Kier alpha value is -1.06. The lowest BCUT2D eigenvalue weighted by Gasteiger charge is -2.37. The Kier molecular flexibility index (Phi) is 4.25. The van der Waals surface area contributed by atoms with Crippen LogP contribution in [0.4, 0.5) is 0 Å². The van der Waals surface area contributed by atoms with E-state index in [-0.39, 0.29) is 12.4 Å². The van der Waals surface area contributed by atoms with Crippen molar-refractivity contribution >= 4 is 0 Å². The Balaban J connectivity index is 2.08. The molecule has 3 nitrogen and oxygen atoms in total. The third-order valence-corrected chi connectivity index (χ3v) is 3.40. The van der Waals surface area contributed by atoms with Crippen LogP contribution in [0, 0.1) is 11.8 Å². The highest BCUT2D eigenvalue weighted by Crippen LogP contribution is 2.32. The smallest absolute Gasteiger partial charge is 0.184 e. The third-order valence-electron chi connectivity index (χ3n) is 3.40. The number of methoxy groups -OCH3 is 1. The van der Waals surface area contributed by atoms with Crippen molar-refractivity contribution in [2.75, 3.05) is 13.7 Å². The fourth-order valence-corrected chi connectivity index (χ4v) is 2.40. The average molecular weight is 250 g/mol. The number of hydrogen-bond acceptors (Lipinski definition) is 3. The first-order valence-corrected chi connectivity index (χ1v) is 6.53. The first-order valence-electron chi connectivity index (χ1n) is 6.53. The molecule has 0 N–H and O–H groups in total. The van der Waals surface area contributed by atoms with Crippen molar-refractivity contribution in [1.29, 1.82) is 0 Å². The fourth-order valence-electron chi connectivity index (χ4n) is 2.40. The third kappa shape index (κ3) is 2.85. The minimum absolute atomic E-state index is 0.250. The van der Waals surface area contributed by atoms with Gasteiger partial charge in [-0.05, 0) is 18.1 Å². The largest absolute Gasteiger partial charge is 0.497 e. The van der Waals surface area contributed by atoms with E-state index in [9.17, 15) is 0 Å². The SMILES string of the molecule is COc1ccc([C@@H]2OC[C@@H](C)[C@H](C(C)C)O2)cc1. The summed E-state index contributed by atoms with van der Waals surface area (Å²) in [6.07, 6.45) is 0.00496. The average Bonchev–Trinajstić information content (AvgIpc) is 2.39. The summed E-state index contributed by atoms with van der Waals surface area (Å²) < 4.78 is 17.0. The van der Waals surface area contributed by atoms with Crippen LogP contribution in [0.25, 0.3) is 0 Å². The molecule has 0 unspecified atom stereocenters. The predicted octanol–water partition coefficient (Wildman–Crippen LogP) is 3.40. The standard InChI is InChI=1S/C15H22O3/c1-10(2)14-11(3)9-17-15(18-14)12-5-7-13(16-4)8-6-12/h5-8,10-11,14-15H,9H2,1-4H3/t11-,14+,15-/m1/s1. The van der Waals surface area contributed by atoms with Crippen LogP contribution in [0.2, 0.25) is 0 Å². The van der Waals surface area contributed by atoms with E-state index < -0.39 is 0 Å². The number of rotatable bonds is 3. The fraction of sp³-hybridized carbons (Fsp3) is 0.600. The van der Waals surface area contributed by atoms with Crippen LogP contribution in [-0.2, 0) is 9.47 Å². The molecule has 0 spiro atoms. The van der Waals surface area contributed by atoms with Crippen LogP contribution in [0.15, 0.2) is 24.3 Å². The Bertz CT molecular complexity index is 372. The summed E-state index contributed by atoms with van der Waals surface area (Å²) in [7, 11) is 1.67. The zero-order valence-corrected chi connectivity index (χ0v) is 11.6. The molecule has 0 aliphatic carbocycles. The van der Waals surface area contributed by atoms with Gasteiger partial charge in [0.25, 0.3) is 0 Å². The van der Waals surface area contributed by atoms with Crippen molar-refractivity contribution in [3.05, 3.63) is 29.8 Å². The van der Waals surface area contributed by atoms with E-state index in [0.29, 0.717) is 11.8 Å². The summed E-state index contributed by atoms with van der Waals surface area (Å²) in [4.78, 5) is 0. The molecule has 0 aromatic heterocycles. The summed E-state index contributed by atoms with van der Waals surface area (Å²) in [5, 5.41) is 0. The minimum atomic E-state index is -0.250. The molecule has 1 heterocycles. The van der Waals surface area contributed by atoms with E-state index in [4.69, 9.17) is 14.2 Å². The van der Waals surface area contributed by atoms with E-state index in [0.717, 1.165) is 17.9 Å². The van der Waals surface area contributed by atoms with Crippen molar-refractivity contribution in [2.45, 2.75) is 33.2 Å². The first kappa shape index (κ1) is 13.4. The van der Waals surface area contributed by atoms with E-state index in [2.05, 4.69) is 20.8 Å². The van der Waals surface area contributed by atoms with E-state index in [1.807, 2.05) is 24.3 Å². The zero-order valence-electron chi connectivity index (χ0n) is 11.6. The highest BCUT2D eigenvalue weighted by Gasteiger charge is 2.31. The van der Waals surface area contributed by atoms with E-state index >= 15 is 0 Å². The molecule has 2 rings (SSSR count). The molecule has 1 aliphatic heterocycles. The molecule has 1 saturated heterocycles. The molecule has 1 aromatic carbocycles. The molecule has 1 aromatic rings. The zero-order chi connectivity index (χ0) is 13.1. The van der Waals surface area contributed by atoms with Gasteiger partial charge in [-0.1, -0.05) is 32.9 Å².